The molecule has 0 amide bonds. The van der Waals surface area contributed by atoms with Crippen LogP contribution in [0.5, 0.6) is 0 Å². The van der Waals surface area contributed by atoms with E-state index in [2.05, 4.69) is 43.0 Å². The van der Waals surface area contributed by atoms with Crippen molar-refractivity contribution in [2.75, 3.05) is 20.2 Å². The molecule has 0 aromatic heterocycles. The third kappa shape index (κ3) is 6.21. The second-order valence-electron chi connectivity index (χ2n) is 6.83. The van der Waals surface area contributed by atoms with E-state index in [9.17, 15) is 4.79 Å². The molecule has 24 heavy (non-hydrogen) atoms. The number of rotatable bonds is 5. The minimum atomic E-state index is -1.43. The zero-order valence-electron chi connectivity index (χ0n) is 15.9. The molecule has 4 nitrogen and oxygen atoms in total. The number of carbonyl (C=O) groups excluding carboxylic acids is 1. The lowest BCUT2D eigenvalue weighted by atomic mass is 10.0. The molecule has 0 bridgehead atoms. The Hall–Kier alpha value is -2.06. The SMILES string of the molecule is CCN(C)C=Nc1ccc(C(=O)OCC#C[Si](C)(C)C)c(C)c1C. The Labute approximate surface area is 146 Å². The summed E-state index contributed by atoms with van der Waals surface area (Å²) in [5, 5.41) is 0. The van der Waals surface area contributed by atoms with Crippen LogP contribution in [0.3, 0.4) is 0 Å². The molecule has 0 atom stereocenters. The molecule has 0 fully saturated rings. The van der Waals surface area contributed by atoms with Crippen LogP contribution in [0.2, 0.25) is 19.6 Å². The first kappa shape index (κ1) is 20.0. The van der Waals surface area contributed by atoms with Gasteiger partial charge in [-0.15, -0.1) is 5.54 Å². The first-order valence-electron chi connectivity index (χ1n) is 8.17. The summed E-state index contributed by atoms with van der Waals surface area (Å²) in [6.45, 7) is 13.5. The summed E-state index contributed by atoms with van der Waals surface area (Å²) in [6.07, 6.45) is 1.80. The summed E-state index contributed by atoms with van der Waals surface area (Å²) >= 11 is 0. The molecule has 1 aromatic rings. The largest absolute Gasteiger partial charge is 0.449 e. The molecule has 0 aliphatic carbocycles. The Morgan fingerprint density at radius 1 is 1.29 bits per heavy atom. The number of esters is 1. The number of ether oxygens (including phenoxy) is 1. The predicted molar refractivity (Wildman–Crippen MR) is 104 cm³/mol. The molecule has 0 heterocycles. The fourth-order valence-electron chi connectivity index (χ4n) is 1.89. The molecule has 0 saturated carbocycles. The van der Waals surface area contributed by atoms with Gasteiger partial charge in [0.1, 0.15) is 8.07 Å². The van der Waals surface area contributed by atoms with Gasteiger partial charge in [0, 0.05) is 13.6 Å². The smallest absolute Gasteiger partial charge is 0.339 e. The molecule has 0 aliphatic heterocycles. The summed E-state index contributed by atoms with van der Waals surface area (Å²) < 4.78 is 5.28. The van der Waals surface area contributed by atoms with Gasteiger partial charge in [-0.3, -0.25) is 0 Å². The first-order chi connectivity index (χ1) is 11.2. The Kier molecular flexibility index (Phi) is 7.24. The Bertz CT molecular complexity index is 679. The minimum Gasteiger partial charge on any atom is -0.449 e. The number of carbonyl (C=O) groups is 1. The van der Waals surface area contributed by atoms with Crippen LogP contribution in [0.25, 0.3) is 0 Å². The van der Waals surface area contributed by atoms with Gasteiger partial charge in [-0.1, -0.05) is 25.6 Å². The highest BCUT2D eigenvalue weighted by molar-refractivity contribution is 6.83. The lowest BCUT2D eigenvalue weighted by Crippen LogP contribution is -2.17. The zero-order valence-corrected chi connectivity index (χ0v) is 16.9. The molecule has 1 rings (SSSR count). The van der Waals surface area contributed by atoms with E-state index in [0.29, 0.717) is 5.56 Å². The molecule has 5 heteroatoms. The van der Waals surface area contributed by atoms with E-state index in [1.54, 1.807) is 12.4 Å². The lowest BCUT2D eigenvalue weighted by Gasteiger charge is -2.12. The van der Waals surface area contributed by atoms with Gasteiger partial charge in [-0.05, 0) is 44.0 Å². The van der Waals surface area contributed by atoms with Crippen molar-refractivity contribution in [3.05, 3.63) is 28.8 Å². The lowest BCUT2D eigenvalue weighted by molar-refractivity contribution is 0.0556. The summed E-state index contributed by atoms with van der Waals surface area (Å²) in [5.41, 5.74) is 6.50. The van der Waals surface area contributed by atoms with Crippen LogP contribution in [0.1, 0.15) is 28.4 Å². The Morgan fingerprint density at radius 2 is 1.96 bits per heavy atom. The number of nitrogens with zero attached hydrogens (tertiary/aromatic N) is 2. The van der Waals surface area contributed by atoms with E-state index in [4.69, 9.17) is 4.74 Å². The van der Waals surface area contributed by atoms with Gasteiger partial charge in [-0.25, -0.2) is 9.79 Å². The van der Waals surface area contributed by atoms with Crippen LogP contribution in [-0.4, -0.2) is 45.5 Å². The predicted octanol–water partition coefficient (Wildman–Crippen LogP) is 3.95. The summed E-state index contributed by atoms with van der Waals surface area (Å²) in [6, 6.07) is 3.63. The van der Waals surface area contributed by atoms with Crippen molar-refractivity contribution in [3.63, 3.8) is 0 Å². The standard InChI is InChI=1S/C19H28N2O2Si/c1-8-21(4)14-20-18-11-10-17(15(2)16(18)3)19(22)23-12-9-13-24(5,6)7/h10-11,14H,8,12H2,1-7H3. The Balaban J connectivity index is 2.86. The van der Waals surface area contributed by atoms with Crippen molar-refractivity contribution >= 4 is 26.1 Å². The molecule has 1 aromatic carbocycles. The Morgan fingerprint density at radius 3 is 2.54 bits per heavy atom. The van der Waals surface area contributed by atoms with Gasteiger partial charge in [0.25, 0.3) is 0 Å². The highest BCUT2D eigenvalue weighted by Crippen LogP contribution is 2.25. The van der Waals surface area contributed by atoms with E-state index >= 15 is 0 Å². The molecule has 130 valence electrons. The number of hydrogen-bond acceptors (Lipinski definition) is 3. The van der Waals surface area contributed by atoms with E-state index in [-0.39, 0.29) is 12.6 Å². The summed E-state index contributed by atoms with van der Waals surface area (Å²) in [5.74, 6) is 2.62. The van der Waals surface area contributed by atoms with Crippen molar-refractivity contribution in [2.24, 2.45) is 4.99 Å². The van der Waals surface area contributed by atoms with Gasteiger partial charge in [0.05, 0.1) is 17.6 Å². The summed E-state index contributed by atoms with van der Waals surface area (Å²) in [4.78, 5) is 18.7. The van der Waals surface area contributed by atoms with Crippen LogP contribution >= 0.6 is 0 Å². The molecule has 0 saturated heterocycles. The highest BCUT2D eigenvalue weighted by atomic mass is 28.3. The van der Waals surface area contributed by atoms with Crippen LogP contribution in [0.15, 0.2) is 17.1 Å². The highest BCUT2D eigenvalue weighted by Gasteiger charge is 2.14. The normalized spacial score (nSPS) is 11.1. The topological polar surface area (TPSA) is 41.9 Å². The van der Waals surface area contributed by atoms with Crippen LogP contribution < -0.4 is 0 Å². The molecule has 0 N–H and O–H groups in total. The fraction of sp³-hybridized carbons (Fsp3) is 0.474. The average Bonchev–Trinajstić information content (AvgIpc) is 2.51. The number of hydrogen-bond donors (Lipinski definition) is 0. The third-order valence-electron chi connectivity index (χ3n) is 3.61. The number of aliphatic imine (C=N–C) groups is 1. The molecular formula is C19H28N2O2Si. The van der Waals surface area contributed by atoms with Crippen molar-refractivity contribution in [1.29, 1.82) is 0 Å². The van der Waals surface area contributed by atoms with Crippen LogP contribution in [0, 0.1) is 25.3 Å². The van der Waals surface area contributed by atoms with Crippen LogP contribution in [0.4, 0.5) is 5.69 Å². The second kappa shape index (κ2) is 8.70. The van der Waals surface area contributed by atoms with Crippen LogP contribution in [-0.2, 0) is 4.74 Å². The molecule has 0 aliphatic rings. The van der Waals surface area contributed by atoms with Gasteiger partial charge in [0.2, 0.25) is 0 Å². The maximum absolute atomic E-state index is 12.2. The molecule has 0 radical (unpaired) electrons. The van der Waals surface area contributed by atoms with Gasteiger partial charge < -0.3 is 9.64 Å². The van der Waals surface area contributed by atoms with E-state index < -0.39 is 8.07 Å². The van der Waals surface area contributed by atoms with Crippen molar-refractivity contribution in [1.82, 2.24) is 4.90 Å². The van der Waals surface area contributed by atoms with Crippen molar-refractivity contribution in [2.45, 2.75) is 40.4 Å². The second-order valence-corrected chi connectivity index (χ2v) is 11.6. The third-order valence-corrected chi connectivity index (χ3v) is 4.54. The van der Waals surface area contributed by atoms with Crippen molar-refractivity contribution < 1.29 is 9.53 Å². The number of benzene rings is 1. The van der Waals surface area contributed by atoms with Gasteiger partial charge in [-0.2, -0.15) is 0 Å². The quantitative estimate of drug-likeness (QED) is 0.267. The first-order valence-corrected chi connectivity index (χ1v) is 11.7. The van der Waals surface area contributed by atoms with Crippen molar-refractivity contribution in [3.8, 4) is 11.5 Å². The zero-order chi connectivity index (χ0) is 18.3. The maximum atomic E-state index is 12.2. The van der Waals surface area contributed by atoms with E-state index in [0.717, 1.165) is 23.4 Å². The fourth-order valence-corrected chi connectivity index (χ4v) is 2.49. The maximum Gasteiger partial charge on any atom is 0.339 e. The van der Waals surface area contributed by atoms with E-state index in [1.165, 1.54) is 0 Å². The molecule has 0 spiro atoms. The van der Waals surface area contributed by atoms with Gasteiger partial charge >= 0.3 is 5.97 Å². The minimum absolute atomic E-state index is 0.142. The summed E-state index contributed by atoms with van der Waals surface area (Å²) in [7, 11) is 0.541. The van der Waals surface area contributed by atoms with Gasteiger partial charge in [0.15, 0.2) is 6.61 Å². The average molecular weight is 345 g/mol. The molecule has 0 unspecified atom stereocenters. The van der Waals surface area contributed by atoms with E-state index in [1.807, 2.05) is 31.9 Å². The monoisotopic (exact) mass is 344 g/mol. The molecular weight excluding hydrogens is 316 g/mol.